The second-order valence-corrected chi connectivity index (χ2v) is 7.34. The molecule has 1 aromatic carbocycles. The molecule has 0 spiro atoms. The van der Waals surface area contributed by atoms with E-state index in [0.717, 1.165) is 25.8 Å². The summed E-state index contributed by atoms with van der Waals surface area (Å²) in [5.41, 5.74) is 0.848. The number of anilines is 1. The van der Waals surface area contributed by atoms with Crippen LogP contribution in [0.3, 0.4) is 0 Å². The Morgan fingerprint density at radius 2 is 2.18 bits per heavy atom. The van der Waals surface area contributed by atoms with Crippen LogP contribution in [0.5, 0.6) is 0 Å². The lowest BCUT2D eigenvalue weighted by Crippen LogP contribution is -2.40. The van der Waals surface area contributed by atoms with Gasteiger partial charge in [0.1, 0.15) is 0 Å². The van der Waals surface area contributed by atoms with Crippen LogP contribution in [0.2, 0.25) is 0 Å². The van der Waals surface area contributed by atoms with Crippen LogP contribution in [0.15, 0.2) is 24.3 Å². The minimum atomic E-state index is -3.34. The van der Waals surface area contributed by atoms with Gasteiger partial charge in [-0.25, -0.2) is 8.42 Å². The molecule has 1 saturated heterocycles. The number of benzene rings is 1. The van der Waals surface area contributed by atoms with Gasteiger partial charge in [-0.05, 0) is 44.1 Å². The lowest BCUT2D eigenvalue weighted by Gasteiger charge is -2.22. The molecule has 0 aliphatic carbocycles. The smallest absolute Gasteiger partial charge is 0.251 e. The maximum atomic E-state index is 12.2. The summed E-state index contributed by atoms with van der Waals surface area (Å²) in [6.07, 6.45) is 3.35. The number of likely N-dealkylation sites (tertiary alicyclic amines) is 1. The van der Waals surface area contributed by atoms with Crippen molar-refractivity contribution < 1.29 is 13.2 Å². The Kier molecular flexibility index (Phi) is 5.42. The van der Waals surface area contributed by atoms with Crippen LogP contribution in [-0.2, 0) is 10.0 Å². The van der Waals surface area contributed by atoms with Gasteiger partial charge in [-0.3, -0.25) is 14.4 Å². The molecule has 6 nitrogen and oxygen atoms in total. The fraction of sp³-hybridized carbons (Fsp3) is 0.533. The number of carbonyl (C=O) groups excluding carboxylic acids is 1. The number of nitrogens with zero attached hydrogens (tertiary/aromatic N) is 1. The molecule has 0 aromatic heterocycles. The molecule has 1 unspecified atom stereocenters. The molecular formula is C15H23N3O3S. The summed E-state index contributed by atoms with van der Waals surface area (Å²) in [5.74, 6) is -0.180. The van der Waals surface area contributed by atoms with Gasteiger partial charge in [-0.2, -0.15) is 0 Å². The summed E-state index contributed by atoms with van der Waals surface area (Å²) in [5, 5.41) is 2.94. The first kappa shape index (κ1) is 16.8. The van der Waals surface area contributed by atoms with E-state index in [1.165, 1.54) is 6.42 Å². The predicted octanol–water partition coefficient (Wildman–Crippen LogP) is 1.27. The van der Waals surface area contributed by atoms with Crippen LogP contribution < -0.4 is 10.0 Å². The first-order chi connectivity index (χ1) is 10.4. The molecular weight excluding hydrogens is 302 g/mol. The minimum Gasteiger partial charge on any atom is -0.350 e. The molecule has 1 amide bonds. The van der Waals surface area contributed by atoms with Crippen molar-refractivity contribution in [2.24, 2.45) is 0 Å². The Morgan fingerprint density at radius 3 is 2.86 bits per heavy atom. The fourth-order valence-corrected chi connectivity index (χ4v) is 3.35. The zero-order valence-corrected chi connectivity index (χ0v) is 13.8. The van der Waals surface area contributed by atoms with Gasteiger partial charge < -0.3 is 5.32 Å². The highest BCUT2D eigenvalue weighted by Crippen LogP contribution is 2.16. The highest BCUT2D eigenvalue weighted by atomic mass is 32.2. The van der Waals surface area contributed by atoms with Gasteiger partial charge in [-0.1, -0.05) is 13.0 Å². The lowest BCUT2D eigenvalue weighted by atomic mass is 10.1. The Morgan fingerprint density at radius 1 is 1.41 bits per heavy atom. The normalized spacial score (nSPS) is 19.1. The minimum absolute atomic E-state index is 0.180. The van der Waals surface area contributed by atoms with Gasteiger partial charge >= 0.3 is 0 Å². The van der Waals surface area contributed by atoms with E-state index in [9.17, 15) is 13.2 Å². The highest BCUT2D eigenvalue weighted by Gasteiger charge is 2.23. The van der Waals surface area contributed by atoms with Crippen LogP contribution in [-0.4, -0.2) is 51.2 Å². The summed E-state index contributed by atoms with van der Waals surface area (Å²) >= 11 is 0. The quantitative estimate of drug-likeness (QED) is 0.826. The third-order valence-corrected chi connectivity index (χ3v) is 4.44. The molecule has 0 radical (unpaired) electrons. The summed E-state index contributed by atoms with van der Waals surface area (Å²) in [6.45, 7) is 4.83. The standard InChI is InChI=1S/C15H23N3O3S/c1-3-18-9-5-8-14(18)11-16-15(19)12-6-4-7-13(10-12)17-22(2,20)21/h4,6-7,10,14,17H,3,5,8-9,11H2,1-2H3,(H,16,19). The van der Waals surface area contributed by atoms with Crippen molar-refractivity contribution in [3.8, 4) is 0 Å². The van der Waals surface area contributed by atoms with Gasteiger partial charge in [0.2, 0.25) is 10.0 Å². The molecule has 1 aliphatic rings. The SMILES string of the molecule is CCN1CCCC1CNC(=O)c1cccc(NS(C)(=O)=O)c1. The highest BCUT2D eigenvalue weighted by molar-refractivity contribution is 7.92. The van der Waals surface area contributed by atoms with Crippen LogP contribution >= 0.6 is 0 Å². The van der Waals surface area contributed by atoms with E-state index < -0.39 is 10.0 Å². The molecule has 122 valence electrons. The second kappa shape index (κ2) is 7.11. The molecule has 0 saturated carbocycles. The third-order valence-electron chi connectivity index (χ3n) is 3.83. The Hall–Kier alpha value is -1.60. The lowest BCUT2D eigenvalue weighted by molar-refractivity contribution is 0.0941. The van der Waals surface area contributed by atoms with E-state index in [4.69, 9.17) is 0 Å². The predicted molar refractivity (Wildman–Crippen MR) is 87.5 cm³/mol. The molecule has 1 fully saturated rings. The number of rotatable bonds is 6. The van der Waals surface area contributed by atoms with Crippen LogP contribution in [0.1, 0.15) is 30.1 Å². The molecule has 7 heteroatoms. The van der Waals surface area contributed by atoms with Crippen LogP contribution in [0.4, 0.5) is 5.69 Å². The number of hydrogen-bond acceptors (Lipinski definition) is 4. The van der Waals surface area contributed by atoms with Crippen LogP contribution in [0, 0.1) is 0 Å². The molecule has 2 rings (SSSR count). The average Bonchev–Trinajstić information content (AvgIpc) is 2.90. The van der Waals surface area contributed by atoms with Gasteiger partial charge in [0, 0.05) is 23.8 Å². The third kappa shape index (κ3) is 4.71. The van der Waals surface area contributed by atoms with Gasteiger partial charge in [0.15, 0.2) is 0 Å². The summed E-state index contributed by atoms with van der Waals surface area (Å²) in [4.78, 5) is 14.6. The van der Waals surface area contributed by atoms with E-state index >= 15 is 0 Å². The maximum Gasteiger partial charge on any atom is 0.251 e. The van der Waals surface area contributed by atoms with E-state index in [1.807, 2.05) is 0 Å². The molecule has 22 heavy (non-hydrogen) atoms. The van der Waals surface area contributed by atoms with Crippen molar-refractivity contribution in [2.75, 3.05) is 30.6 Å². The fourth-order valence-electron chi connectivity index (χ4n) is 2.79. The van der Waals surface area contributed by atoms with E-state index in [2.05, 4.69) is 21.9 Å². The van der Waals surface area contributed by atoms with Crippen molar-refractivity contribution in [1.29, 1.82) is 0 Å². The number of amides is 1. The number of nitrogens with one attached hydrogen (secondary N) is 2. The zero-order chi connectivity index (χ0) is 16.2. The number of likely N-dealkylation sites (N-methyl/N-ethyl adjacent to an activating group) is 1. The van der Waals surface area contributed by atoms with Gasteiger partial charge in [0.05, 0.1) is 6.26 Å². The zero-order valence-electron chi connectivity index (χ0n) is 13.0. The van der Waals surface area contributed by atoms with E-state index in [0.29, 0.717) is 23.8 Å². The van der Waals surface area contributed by atoms with Gasteiger partial charge in [-0.15, -0.1) is 0 Å². The molecule has 2 N–H and O–H groups in total. The monoisotopic (exact) mass is 325 g/mol. The Labute approximate surface area is 131 Å². The van der Waals surface area contributed by atoms with Gasteiger partial charge in [0.25, 0.3) is 5.91 Å². The van der Waals surface area contributed by atoms with Crippen molar-refractivity contribution >= 4 is 21.6 Å². The Balaban J connectivity index is 1.96. The molecule has 1 aliphatic heterocycles. The van der Waals surface area contributed by atoms with E-state index in [-0.39, 0.29) is 5.91 Å². The second-order valence-electron chi connectivity index (χ2n) is 5.59. The average molecular weight is 325 g/mol. The van der Waals surface area contributed by atoms with Crippen molar-refractivity contribution in [1.82, 2.24) is 10.2 Å². The summed E-state index contributed by atoms with van der Waals surface area (Å²) in [7, 11) is -3.34. The van der Waals surface area contributed by atoms with E-state index in [1.54, 1.807) is 24.3 Å². The number of hydrogen-bond donors (Lipinski definition) is 2. The van der Waals surface area contributed by atoms with Crippen LogP contribution in [0.25, 0.3) is 0 Å². The van der Waals surface area contributed by atoms with Crippen molar-refractivity contribution in [3.63, 3.8) is 0 Å². The molecule has 1 aromatic rings. The molecule has 0 bridgehead atoms. The topological polar surface area (TPSA) is 78.5 Å². The largest absolute Gasteiger partial charge is 0.350 e. The summed E-state index contributed by atoms with van der Waals surface area (Å²) < 4.78 is 24.8. The van der Waals surface area contributed by atoms with Crippen molar-refractivity contribution in [2.45, 2.75) is 25.8 Å². The number of carbonyl (C=O) groups is 1. The molecule has 1 atom stereocenters. The first-order valence-electron chi connectivity index (χ1n) is 7.49. The van der Waals surface area contributed by atoms with Crippen molar-refractivity contribution in [3.05, 3.63) is 29.8 Å². The summed E-state index contributed by atoms with van der Waals surface area (Å²) in [6, 6.07) is 6.90. The Bertz CT molecular complexity index is 631. The first-order valence-corrected chi connectivity index (χ1v) is 9.38. The number of sulfonamides is 1. The molecule has 1 heterocycles. The maximum absolute atomic E-state index is 12.2.